The maximum atomic E-state index is 5.86. The zero-order valence-electron chi connectivity index (χ0n) is 9.85. The Morgan fingerprint density at radius 2 is 1.94 bits per heavy atom. The van der Waals surface area contributed by atoms with E-state index in [1.807, 2.05) is 18.2 Å². The van der Waals surface area contributed by atoms with Crippen LogP contribution in [0.25, 0.3) is 21.8 Å². The molecule has 3 aromatic rings. The maximum absolute atomic E-state index is 5.86. The van der Waals surface area contributed by atoms with E-state index in [-0.39, 0.29) is 6.10 Å². The number of rotatable bonds is 3. The lowest BCUT2D eigenvalue weighted by molar-refractivity contribution is 0.265. The molecule has 0 radical (unpaired) electrons. The lowest BCUT2D eigenvalue weighted by Crippen LogP contribution is -2.04. The summed E-state index contributed by atoms with van der Waals surface area (Å²) in [4.78, 5) is 3.41. The molecule has 2 aromatic carbocycles. The number of para-hydroxylation sites is 1. The van der Waals surface area contributed by atoms with Crippen molar-refractivity contribution in [3.05, 3.63) is 42.5 Å². The molecular formula is C15H13NO2. The highest BCUT2D eigenvalue weighted by Crippen LogP contribution is 2.33. The van der Waals surface area contributed by atoms with Gasteiger partial charge in [0.2, 0.25) is 0 Å². The van der Waals surface area contributed by atoms with Gasteiger partial charge >= 0.3 is 0 Å². The standard InChI is InChI=1S/C15H13NO2/c1-2-5-12-11(4-1)15-13(16-12)6-3-7-14(15)18-9-10-8-17-10/h1-7,10,16H,8-9H2/t10-/m1/s1. The van der Waals surface area contributed by atoms with Gasteiger partial charge in [-0.3, -0.25) is 0 Å². The highest BCUT2D eigenvalue weighted by molar-refractivity contribution is 6.10. The van der Waals surface area contributed by atoms with Gasteiger partial charge in [0.1, 0.15) is 18.5 Å². The molecule has 1 aliphatic heterocycles. The van der Waals surface area contributed by atoms with Gasteiger partial charge in [0.25, 0.3) is 0 Å². The predicted molar refractivity (Wildman–Crippen MR) is 71.0 cm³/mol. The minimum Gasteiger partial charge on any atom is -0.490 e. The fourth-order valence-corrected chi connectivity index (χ4v) is 2.34. The minimum absolute atomic E-state index is 0.283. The molecule has 0 bridgehead atoms. The molecule has 1 atom stereocenters. The van der Waals surface area contributed by atoms with Crippen LogP contribution in [-0.4, -0.2) is 24.3 Å². The maximum Gasteiger partial charge on any atom is 0.129 e. The third-order valence-corrected chi connectivity index (χ3v) is 3.32. The summed E-state index contributed by atoms with van der Waals surface area (Å²) in [6.45, 7) is 1.46. The molecule has 4 rings (SSSR count). The van der Waals surface area contributed by atoms with Gasteiger partial charge in [-0.05, 0) is 18.2 Å². The van der Waals surface area contributed by atoms with E-state index in [4.69, 9.17) is 9.47 Å². The molecule has 0 unspecified atom stereocenters. The number of hydrogen-bond donors (Lipinski definition) is 1. The second-order valence-electron chi connectivity index (χ2n) is 4.62. The van der Waals surface area contributed by atoms with Gasteiger partial charge in [0, 0.05) is 16.3 Å². The fraction of sp³-hybridized carbons (Fsp3) is 0.200. The first-order valence-corrected chi connectivity index (χ1v) is 6.16. The van der Waals surface area contributed by atoms with E-state index in [0.717, 1.165) is 28.8 Å². The lowest BCUT2D eigenvalue weighted by atomic mass is 10.1. The van der Waals surface area contributed by atoms with Gasteiger partial charge in [-0.15, -0.1) is 0 Å². The normalized spacial score (nSPS) is 18.3. The summed E-state index contributed by atoms with van der Waals surface area (Å²) in [6, 6.07) is 14.4. The van der Waals surface area contributed by atoms with Crippen LogP contribution in [0.2, 0.25) is 0 Å². The second-order valence-corrected chi connectivity index (χ2v) is 4.62. The Kier molecular flexibility index (Phi) is 2.08. The predicted octanol–water partition coefficient (Wildman–Crippen LogP) is 3.10. The van der Waals surface area contributed by atoms with Gasteiger partial charge in [0.15, 0.2) is 0 Å². The average Bonchev–Trinajstić information content (AvgIpc) is 3.15. The lowest BCUT2D eigenvalue weighted by Gasteiger charge is -2.05. The van der Waals surface area contributed by atoms with Crippen LogP contribution in [0.15, 0.2) is 42.5 Å². The molecule has 0 amide bonds. The summed E-state index contributed by atoms with van der Waals surface area (Å²) >= 11 is 0. The molecule has 3 heteroatoms. The van der Waals surface area contributed by atoms with Crippen LogP contribution >= 0.6 is 0 Å². The number of ether oxygens (including phenoxy) is 2. The summed E-state index contributed by atoms with van der Waals surface area (Å²) in [7, 11) is 0. The molecule has 2 heterocycles. The Morgan fingerprint density at radius 1 is 1.11 bits per heavy atom. The molecule has 18 heavy (non-hydrogen) atoms. The number of hydrogen-bond acceptors (Lipinski definition) is 2. The largest absolute Gasteiger partial charge is 0.490 e. The molecule has 1 aromatic heterocycles. The summed E-state index contributed by atoms with van der Waals surface area (Å²) in [5.41, 5.74) is 2.26. The van der Waals surface area contributed by atoms with E-state index in [2.05, 4.69) is 29.2 Å². The fourth-order valence-electron chi connectivity index (χ4n) is 2.34. The highest BCUT2D eigenvalue weighted by atomic mass is 16.6. The average molecular weight is 239 g/mol. The van der Waals surface area contributed by atoms with Gasteiger partial charge in [0.05, 0.1) is 12.1 Å². The first-order chi connectivity index (χ1) is 8.92. The SMILES string of the molecule is c1ccc2c(c1)[nH]c1cccc(OC[C@H]3CO3)c12. The summed E-state index contributed by atoms with van der Waals surface area (Å²) in [5, 5.41) is 2.37. The van der Waals surface area contributed by atoms with Gasteiger partial charge in [-0.25, -0.2) is 0 Å². The topological polar surface area (TPSA) is 37.5 Å². The van der Waals surface area contributed by atoms with E-state index in [0.29, 0.717) is 6.61 Å². The monoisotopic (exact) mass is 239 g/mol. The number of epoxide rings is 1. The Morgan fingerprint density at radius 3 is 2.83 bits per heavy atom. The number of fused-ring (bicyclic) bond motifs is 3. The Balaban J connectivity index is 1.89. The number of nitrogens with one attached hydrogen (secondary N) is 1. The van der Waals surface area contributed by atoms with E-state index in [9.17, 15) is 0 Å². The van der Waals surface area contributed by atoms with E-state index in [1.54, 1.807) is 0 Å². The van der Waals surface area contributed by atoms with Crippen LogP contribution in [0.3, 0.4) is 0 Å². The summed E-state index contributed by atoms with van der Waals surface area (Å²) < 4.78 is 11.0. The van der Waals surface area contributed by atoms with Crippen LogP contribution in [-0.2, 0) is 4.74 Å². The second kappa shape index (κ2) is 3.75. The highest BCUT2D eigenvalue weighted by Gasteiger charge is 2.23. The van der Waals surface area contributed by atoms with Gasteiger partial charge in [-0.1, -0.05) is 24.3 Å². The van der Waals surface area contributed by atoms with E-state index in [1.165, 1.54) is 5.39 Å². The van der Waals surface area contributed by atoms with Crippen molar-refractivity contribution in [3.8, 4) is 5.75 Å². The quantitative estimate of drug-likeness (QED) is 0.713. The molecule has 1 aliphatic rings. The first-order valence-electron chi connectivity index (χ1n) is 6.16. The van der Waals surface area contributed by atoms with Crippen molar-refractivity contribution in [2.45, 2.75) is 6.10 Å². The number of benzene rings is 2. The van der Waals surface area contributed by atoms with Crippen molar-refractivity contribution in [3.63, 3.8) is 0 Å². The summed E-state index contributed by atoms with van der Waals surface area (Å²) in [5.74, 6) is 0.931. The molecule has 1 fully saturated rings. The number of H-pyrrole nitrogens is 1. The van der Waals surface area contributed by atoms with E-state index < -0.39 is 0 Å². The molecule has 0 saturated carbocycles. The Bertz CT molecular complexity index is 713. The zero-order valence-corrected chi connectivity index (χ0v) is 9.85. The summed E-state index contributed by atoms with van der Waals surface area (Å²) in [6.07, 6.45) is 0.283. The van der Waals surface area contributed by atoms with Crippen LogP contribution in [0.4, 0.5) is 0 Å². The molecule has 0 aliphatic carbocycles. The first kappa shape index (κ1) is 9.97. The third kappa shape index (κ3) is 1.56. The van der Waals surface area contributed by atoms with Gasteiger partial charge < -0.3 is 14.5 Å². The van der Waals surface area contributed by atoms with Crippen molar-refractivity contribution in [1.29, 1.82) is 0 Å². The van der Waals surface area contributed by atoms with Crippen molar-refractivity contribution in [2.24, 2.45) is 0 Å². The molecular weight excluding hydrogens is 226 g/mol. The molecule has 3 nitrogen and oxygen atoms in total. The Labute approximate surface area is 104 Å². The molecule has 1 N–H and O–H groups in total. The third-order valence-electron chi connectivity index (χ3n) is 3.32. The molecule has 1 saturated heterocycles. The van der Waals surface area contributed by atoms with Crippen LogP contribution in [0.5, 0.6) is 5.75 Å². The van der Waals surface area contributed by atoms with E-state index >= 15 is 0 Å². The number of aromatic amines is 1. The van der Waals surface area contributed by atoms with Crippen LogP contribution in [0.1, 0.15) is 0 Å². The van der Waals surface area contributed by atoms with Crippen molar-refractivity contribution >= 4 is 21.8 Å². The Hall–Kier alpha value is -2.00. The zero-order chi connectivity index (χ0) is 11.9. The van der Waals surface area contributed by atoms with Crippen molar-refractivity contribution < 1.29 is 9.47 Å². The van der Waals surface area contributed by atoms with Crippen molar-refractivity contribution in [2.75, 3.05) is 13.2 Å². The minimum atomic E-state index is 0.283. The van der Waals surface area contributed by atoms with Crippen LogP contribution in [0, 0.1) is 0 Å². The molecule has 0 spiro atoms. The smallest absolute Gasteiger partial charge is 0.129 e. The number of aromatic nitrogens is 1. The van der Waals surface area contributed by atoms with Crippen LogP contribution < -0.4 is 4.74 Å². The molecule has 90 valence electrons. The van der Waals surface area contributed by atoms with Gasteiger partial charge in [-0.2, -0.15) is 0 Å². The van der Waals surface area contributed by atoms with Crippen molar-refractivity contribution in [1.82, 2.24) is 4.98 Å².